The molecule has 5 N–H and O–H groups in total. The van der Waals surface area contributed by atoms with Gasteiger partial charge in [0, 0.05) is 6.61 Å². The molecule has 0 aromatic heterocycles. The summed E-state index contributed by atoms with van der Waals surface area (Å²) in [7, 11) is 0. The fraction of sp³-hybridized carbons (Fsp3) is 0.333. The van der Waals surface area contributed by atoms with Gasteiger partial charge in [-0.25, -0.2) is 9.59 Å². The maximum absolute atomic E-state index is 11.7. The van der Waals surface area contributed by atoms with Crippen LogP contribution in [0.4, 0.5) is 16.2 Å². The highest BCUT2D eigenvalue weighted by atomic mass is 16.5. The van der Waals surface area contributed by atoms with Gasteiger partial charge >= 0.3 is 12.0 Å². The lowest BCUT2D eigenvalue weighted by Gasteiger charge is -2.13. The zero-order valence-electron chi connectivity index (χ0n) is 10.2. The van der Waals surface area contributed by atoms with Crippen LogP contribution in [0.15, 0.2) is 18.2 Å². The average Bonchev–Trinajstić information content (AvgIpc) is 2.84. The molecule has 1 aliphatic rings. The van der Waals surface area contributed by atoms with Crippen LogP contribution >= 0.6 is 0 Å². The van der Waals surface area contributed by atoms with Gasteiger partial charge in [0.15, 0.2) is 0 Å². The van der Waals surface area contributed by atoms with Crippen molar-refractivity contribution in [3.8, 4) is 0 Å². The topological polar surface area (TPSA) is 114 Å². The van der Waals surface area contributed by atoms with E-state index in [1.165, 1.54) is 18.2 Å². The molecule has 1 unspecified atom stereocenters. The molecule has 0 spiro atoms. The number of anilines is 2. The molecule has 0 radical (unpaired) electrons. The van der Waals surface area contributed by atoms with E-state index in [0.29, 0.717) is 18.9 Å². The van der Waals surface area contributed by atoms with E-state index in [-0.39, 0.29) is 23.3 Å². The van der Waals surface area contributed by atoms with Crippen LogP contribution in [0.5, 0.6) is 0 Å². The summed E-state index contributed by atoms with van der Waals surface area (Å²) in [6, 6.07) is 3.76. The van der Waals surface area contributed by atoms with Gasteiger partial charge in [0.2, 0.25) is 0 Å². The molecule has 7 heteroatoms. The van der Waals surface area contributed by atoms with Crippen molar-refractivity contribution in [1.29, 1.82) is 0 Å². The Labute approximate surface area is 109 Å². The minimum Gasteiger partial charge on any atom is -0.478 e. The predicted molar refractivity (Wildman–Crippen MR) is 69.2 cm³/mol. The number of hydrogen-bond donors (Lipinski definition) is 4. The van der Waals surface area contributed by atoms with Gasteiger partial charge in [0.05, 0.1) is 29.6 Å². The number of nitrogen functional groups attached to an aromatic ring is 1. The molecule has 1 fully saturated rings. The first-order valence-electron chi connectivity index (χ1n) is 5.84. The van der Waals surface area contributed by atoms with Crippen molar-refractivity contribution in [2.75, 3.05) is 24.3 Å². The summed E-state index contributed by atoms with van der Waals surface area (Å²) in [6.45, 7) is 1.14. The summed E-state index contributed by atoms with van der Waals surface area (Å²) in [5.41, 5.74) is 6.34. The molecule has 1 aromatic rings. The molecule has 1 atom stereocenters. The molecule has 1 aliphatic heterocycles. The van der Waals surface area contributed by atoms with Crippen molar-refractivity contribution in [2.45, 2.75) is 12.5 Å². The van der Waals surface area contributed by atoms with E-state index in [1.54, 1.807) is 0 Å². The lowest BCUT2D eigenvalue weighted by molar-refractivity contribution is 0.0697. The Balaban J connectivity index is 1.98. The van der Waals surface area contributed by atoms with Crippen LogP contribution in [-0.4, -0.2) is 36.4 Å². The van der Waals surface area contributed by atoms with Crippen molar-refractivity contribution >= 4 is 23.4 Å². The van der Waals surface area contributed by atoms with Crippen molar-refractivity contribution in [3.05, 3.63) is 23.8 Å². The molecule has 102 valence electrons. The van der Waals surface area contributed by atoms with E-state index in [0.717, 1.165) is 6.42 Å². The number of hydrogen-bond acceptors (Lipinski definition) is 4. The summed E-state index contributed by atoms with van der Waals surface area (Å²) in [4.78, 5) is 22.4. The predicted octanol–water partition coefficient (Wildman–Crippen LogP) is 0.877. The number of carbonyl (C=O) groups excluding carboxylic acids is 1. The fourth-order valence-electron chi connectivity index (χ4n) is 1.80. The van der Waals surface area contributed by atoms with Crippen LogP contribution in [0.1, 0.15) is 16.8 Å². The number of carboxylic acids is 1. The molecule has 19 heavy (non-hydrogen) atoms. The third-order valence-corrected chi connectivity index (χ3v) is 2.81. The van der Waals surface area contributed by atoms with E-state index >= 15 is 0 Å². The van der Waals surface area contributed by atoms with Crippen molar-refractivity contribution in [1.82, 2.24) is 5.32 Å². The molecule has 1 heterocycles. The Morgan fingerprint density at radius 2 is 2.21 bits per heavy atom. The van der Waals surface area contributed by atoms with Gasteiger partial charge in [0.25, 0.3) is 0 Å². The van der Waals surface area contributed by atoms with Gasteiger partial charge < -0.3 is 26.2 Å². The summed E-state index contributed by atoms with van der Waals surface area (Å²) >= 11 is 0. The zero-order valence-corrected chi connectivity index (χ0v) is 10.2. The number of benzene rings is 1. The number of nitrogens with two attached hydrogens (primary N) is 1. The lowest BCUT2D eigenvalue weighted by atomic mass is 10.2. The minimum atomic E-state index is -1.06. The lowest BCUT2D eigenvalue weighted by Crippen LogP contribution is -2.38. The molecule has 2 rings (SSSR count). The van der Waals surface area contributed by atoms with Crippen LogP contribution < -0.4 is 16.4 Å². The number of nitrogens with one attached hydrogen (secondary N) is 2. The number of aromatic carboxylic acids is 1. The summed E-state index contributed by atoms with van der Waals surface area (Å²) in [6.07, 6.45) is 0.779. The number of carbonyl (C=O) groups is 2. The Kier molecular flexibility index (Phi) is 3.86. The third kappa shape index (κ3) is 3.35. The molecule has 1 saturated heterocycles. The van der Waals surface area contributed by atoms with Crippen LogP contribution in [-0.2, 0) is 4.74 Å². The van der Waals surface area contributed by atoms with Crippen molar-refractivity contribution < 1.29 is 19.4 Å². The van der Waals surface area contributed by atoms with Crippen molar-refractivity contribution in [3.63, 3.8) is 0 Å². The Hall–Kier alpha value is -2.28. The van der Waals surface area contributed by atoms with Gasteiger partial charge in [-0.3, -0.25) is 0 Å². The standard InChI is InChI=1S/C12H15N3O4/c13-9-5-7(11(16)17)1-2-10(9)15-12(18)14-8-3-4-19-6-8/h1-2,5,8H,3-4,6,13H2,(H,16,17)(H2,14,15,18). The first-order chi connectivity index (χ1) is 9.06. The molecular weight excluding hydrogens is 250 g/mol. The summed E-state index contributed by atoms with van der Waals surface area (Å²) < 4.78 is 5.14. The van der Waals surface area contributed by atoms with Crippen LogP contribution in [0.3, 0.4) is 0 Å². The number of amides is 2. The highest BCUT2D eigenvalue weighted by Gasteiger charge is 2.18. The van der Waals surface area contributed by atoms with Gasteiger partial charge in [-0.05, 0) is 24.6 Å². The largest absolute Gasteiger partial charge is 0.478 e. The van der Waals surface area contributed by atoms with E-state index in [9.17, 15) is 9.59 Å². The zero-order chi connectivity index (χ0) is 13.8. The molecule has 1 aromatic carbocycles. The first-order valence-corrected chi connectivity index (χ1v) is 5.84. The van der Waals surface area contributed by atoms with Gasteiger partial charge in [-0.15, -0.1) is 0 Å². The van der Waals surface area contributed by atoms with Crippen LogP contribution in [0.2, 0.25) is 0 Å². The van der Waals surface area contributed by atoms with E-state index in [4.69, 9.17) is 15.6 Å². The maximum atomic E-state index is 11.7. The molecular formula is C12H15N3O4. The molecule has 0 bridgehead atoms. The van der Waals surface area contributed by atoms with E-state index < -0.39 is 5.97 Å². The number of carboxylic acid groups (broad SMARTS) is 1. The van der Waals surface area contributed by atoms with Crippen LogP contribution in [0, 0.1) is 0 Å². The Morgan fingerprint density at radius 3 is 2.79 bits per heavy atom. The number of ether oxygens (including phenoxy) is 1. The second-order valence-electron chi connectivity index (χ2n) is 4.27. The maximum Gasteiger partial charge on any atom is 0.335 e. The molecule has 0 aliphatic carbocycles. The van der Waals surface area contributed by atoms with E-state index in [1.807, 2.05) is 0 Å². The molecule has 2 amide bonds. The molecule has 7 nitrogen and oxygen atoms in total. The monoisotopic (exact) mass is 265 g/mol. The van der Waals surface area contributed by atoms with Crippen molar-refractivity contribution in [2.24, 2.45) is 0 Å². The number of rotatable bonds is 3. The van der Waals surface area contributed by atoms with Crippen LogP contribution in [0.25, 0.3) is 0 Å². The SMILES string of the molecule is Nc1cc(C(=O)O)ccc1NC(=O)NC1CCOC1. The molecule has 0 saturated carbocycles. The fourth-order valence-corrected chi connectivity index (χ4v) is 1.80. The average molecular weight is 265 g/mol. The highest BCUT2D eigenvalue weighted by Crippen LogP contribution is 2.20. The van der Waals surface area contributed by atoms with Gasteiger partial charge in [-0.2, -0.15) is 0 Å². The third-order valence-electron chi connectivity index (χ3n) is 2.81. The van der Waals surface area contributed by atoms with Gasteiger partial charge in [-0.1, -0.05) is 0 Å². The van der Waals surface area contributed by atoms with E-state index in [2.05, 4.69) is 10.6 Å². The Bertz CT molecular complexity index is 498. The second kappa shape index (κ2) is 5.57. The second-order valence-corrected chi connectivity index (χ2v) is 4.27. The normalized spacial score (nSPS) is 18.0. The summed E-state index contributed by atoms with van der Waals surface area (Å²) in [5, 5.41) is 14.1. The summed E-state index contributed by atoms with van der Waals surface area (Å²) in [5.74, 6) is -1.06. The highest BCUT2D eigenvalue weighted by molar-refractivity contribution is 5.95. The quantitative estimate of drug-likeness (QED) is 0.606. The van der Waals surface area contributed by atoms with Gasteiger partial charge in [0.1, 0.15) is 0 Å². The smallest absolute Gasteiger partial charge is 0.335 e. The minimum absolute atomic E-state index is 0.000447. The Morgan fingerprint density at radius 1 is 1.42 bits per heavy atom. The number of urea groups is 1. The first kappa shape index (κ1) is 13.2.